The Morgan fingerprint density at radius 2 is 1.77 bits per heavy atom. The van der Waals surface area contributed by atoms with E-state index in [0.717, 1.165) is 37.0 Å². The van der Waals surface area contributed by atoms with Crippen LogP contribution in [0, 0.1) is 0 Å². The maximum atomic E-state index is 13.3. The van der Waals surface area contributed by atoms with Gasteiger partial charge in [0.05, 0.1) is 5.92 Å². The molecule has 156 valence electrons. The first-order chi connectivity index (χ1) is 15.2. The Hall–Kier alpha value is -3.40. The smallest absolute Gasteiger partial charge is 0.229 e. The molecule has 2 aromatic heterocycles. The van der Waals surface area contributed by atoms with Crippen LogP contribution in [0.1, 0.15) is 42.9 Å². The van der Waals surface area contributed by atoms with Crippen molar-refractivity contribution in [3.8, 4) is 11.1 Å². The van der Waals surface area contributed by atoms with E-state index in [1.807, 2.05) is 49.6 Å². The normalized spacial score (nSPS) is 17.6. The minimum atomic E-state index is -0.123. The Bertz CT molecular complexity index is 1180. The summed E-state index contributed by atoms with van der Waals surface area (Å²) in [4.78, 5) is 23.3. The molecule has 0 bridgehead atoms. The zero-order chi connectivity index (χ0) is 21.2. The van der Waals surface area contributed by atoms with Crippen LogP contribution in [0.2, 0.25) is 0 Å². The number of nitrogens with zero attached hydrogens (tertiary/aromatic N) is 2. The van der Waals surface area contributed by atoms with Crippen LogP contribution in [-0.2, 0) is 4.79 Å². The molecule has 31 heavy (non-hydrogen) atoms. The number of hydrogen-bond donors (Lipinski definition) is 1. The van der Waals surface area contributed by atoms with Gasteiger partial charge in [0.2, 0.25) is 5.91 Å². The molecule has 4 heteroatoms. The third-order valence-electron chi connectivity index (χ3n) is 6.52. The average molecular weight is 410 g/mol. The summed E-state index contributed by atoms with van der Waals surface area (Å²) in [5, 5.41) is 1.23. The summed E-state index contributed by atoms with van der Waals surface area (Å²) < 4.78 is 0. The van der Waals surface area contributed by atoms with E-state index in [9.17, 15) is 4.79 Å². The van der Waals surface area contributed by atoms with E-state index in [-0.39, 0.29) is 17.7 Å². The lowest BCUT2D eigenvalue weighted by Crippen LogP contribution is -2.41. The van der Waals surface area contributed by atoms with E-state index in [0.29, 0.717) is 0 Å². The first-order valence-electron chi connectivity index (χ1n) is 11.1. The minimum absolute atomic E-state index is 0.123. The molecule has 1 fully saturated rings. The van der Waals surface area contributed by atoms with E-state index in [4.69, 9.17) is 0 Å². The maximum absolute atomic E-state index is 13.3. The summed E-state index contributed by atoms with van der Waals surface area (Å²) in [5.41, 5.74) is 5.87. The van der Waals surface area contributed by atoms with Crippen molar-refractivity contribution in [3.05, 3.63) is 90.4 Å². The molecule has 1 amide bonds. The van der Waals surface area contributed by atoms with Gasteiger partial charge in [-0.3, -0.25) is 9.78 Å². The number of fused-ring (bicyclic) bond motifs is 1. The van der Waals surface area contributed by atoms with Gasteiger partial charge in [0.1, 0.15) is 0 Å². The van der Waals surface area contributed by atoms with Crippen LogP contribution in [0.15, 0.2) is 79.1 Å². The molecule has 1 saturated heterocycles. The van der Waals surface area contributed by atoms with Crippen molar-refractivity contribution in [1.29, 1.82) is 0 Å². The number of para-hydroxylation sites is 1. The second-order valence-corrected chi connectivity index (χ2v) is 8.45. The molecule has 2 aromatic carbocycles. The molecule has 2 unspecified atom stereocenters. The number of nitrogens with one attached hydrogen (secondary N) is 1. The van der Waals surface area contributed by atoms with Gasteiger partial charge in [0.25, 0.3) is 0 Å². The van der Waals surface area contributed by atoms with Crippen molar-refractivity contribution >= 4 is 16.8 Å². The number of H-pyrrole nitrogens is 1. The second kappa shape index (κ2) is 8.38. The first-order valence-corrected chi connectivity index (χ1v) is 11.1. The molecule has 0 saturated carbocycles. The molecule has 0 aliphatic carbocycles. The second-order valence-electron chi connectivity index (χ2n) is 8.45. The summed E-state index contributed by atoms with van der Waals surface area (Å²) in [5.74, 6) is 0.385. The largest absolute Gasteiger partial charge is 0.358 e. The summed E-state index contributed by atoms with van der Waals surface area (Å²) in [6, 6.07) is 22.7. The number of pyridine rings is 1. The van der Waals surface area contributed by atoms with Gasteiger partial charge in [-0.2, -0.15) is 0 Å². The highest BCUT2D eigenvalue weighted by atomic mass is 16.2. The van der Waals surface area contributed by atoms with Crippen LogP contribution in [0.3, 0.4) is 0 Å². The Morgan fingerprint density at radius 3 is 2.58 bits per heavy atom. The number of likely N-dealkylation sites (tertiary alicyclic amines) is 1. The van der Waals surface area contributed by atoms with Gasteiger partial charge in [-0.15, -0.1) is 0 Å². The Kier molecular flexibility index (Phi) is 5.29. The first kappa shape index (κ1) is 19.6. The quantitative estimate of drug-likeness (QED) is 0.467. The van der Waals surface area contributed by atoms with E-state index in [1.165, 1.54) is 22.2 Å². The lowest BCUT2D eigenvalue weighted by Gasteiger charge is -2.34. The van der Waals surface area contributed by atoms with Gasteiger partial charge in [-0.05, 0) is 49.1 Å². The number of rotatable bonds is 4. The Labute approximate surface area is 182 Å². The molecular weight excluding hydrogens is 382 g/mol. The van der Waals surface area contributed by atoms with Crippen molar-refractivity contribution < 1.29 is 4.79 Å². The van der Waals surface area contributed by atoms with Gasteiger partial charge >= 0.3 is 0 Å². The molecule has 1 N–H and O–H groups in total. The molecule has 4 nitrogen and oxygen atoms in total. The Morgan fingerprint density at radius 1 is 1.03 bits per heavy atom. The van der Waals surface area contributed by atoms with Crippen LogP contribution in [0.25, 0.3) is 22.0 Å². The summed E-state index contributed by atoms with van der Waals surface area (Å²) in [7, 11) is 0. The van der Waals surface area contributed by atoms with E-state index < -0.39 is 0 Å². The zero-order valence-corrected chi connectivity index (χ0v) is 17.8. The number of benzene rings is 2. The molecule has 3 heterocycles. The predicted molar refractivity (Wildman–Crippen MR) is 125 cm³/mol. The fraction of sp³-hybridized carbons (Fsp3) is 0.259. The maximum Gasteiger partial charge on any atom is 0.229 e. The molecular formula is C27H27N3O. The van der Waals surface area contributed by atoms with Crippen molar-refractivity contribution in [1.82, 2.24) is 14.9 Å². The highest BCUT2D eigenvalue weighted by Gasteiger charge is 2.30. The Balaban J connectivity index is 1.48. The van der Waals surface area contributed by atoms with Crippen LogP contribution in [0.5, 0.6) is 0 Å². The monoisotopic (exact) mass is 409 g/mol. The highest BCUT2D eigenvalue weighted by molar-refractivity contribution is 5.97. The molecule has 1 aliphatic heterocycles. The van der Waals surface area contributed by atoms with Crippen LogP contribution >= 0.6 is 0 Å². The van der Waals surface area contributed by atoms with Gasteiger partial charge < -0.3 is 9.88 Å². The van der Waals surface area contributed by atoms with Crippen LogP contribution in [0.4, 0.5) is 0 Å². The number of hydrogen-bond acceptors (Lipinski definition) is 2. The van der Waals surface area contributed by atoms with E-state index >= 15 is 0 Å². The molecule has 4 aromatic rings. The highest BCUT2D eigenvalue weighted by Crippen LogP contribution is 2.39. The predicted octanol–water partition coefficient (Wildman–Crippen LogP) is 5.74. The third-order valence-corrected chi connectivity index (χ3v) is 6.52. The number of piperidine rings is 1. The standard InChI is InChI=1S/C27H27N3O/c1-19(20-8-3-2-4-9-20)27(31)30-17-7-10-22(18-30)26-25(21-13-15-28-16-14-21)23-11-5-6-12-24(23)29-26/h2-6,8-9,11-16,19,22,29H,7,10,17-18H2,1H3. The third kappa shape index (κ3) is 3.74. The molecule has 1 aliphatic rings. The van der Waals surface area contributed by atoms with Crippen molar-refractivity contribution in [3.63, 3.8) is 0 Å². The van der Waals surface area contributed by atoms with E-state index in [2.05, 4.69) is 51.3 Å². The molecule has 5 rings (SSSR count). The minimum Gasteiger partial charge on any atom is -0.358 e. The lowest BCUT2D eigenvalue weighted by atomic mass is 9.89. The molecule has 0 radical (unpaired) electrons. The van der Waals surface area contributed by atoms with Gasteiger partial charge in [-0.1, -0.05) is 48.5 Å². The van der Waals surface area contributed by atoms with Crippen LogP contribution < -0.4 is 0 Å². The number of carbonyl (C=O) groups excluding carboxylic acids is 1. The van der Waals surface area contributed by atoms with E-state index in [1.54, 1.807) is 0 Å². The molecule has 2 atom stereocenters. The molecule has 0 spiro atoms. The number of aromatic amines is 1. The van der Waals surface area contributed by atoms with Crippen molar-refractivity contribution in [2.24, 2.45) is 0 Å². The zero-order valence-electron chi connectivity index (χ0n) is 17.8. The lowest BCUT2D eigenvalue weighted by molar-refractivity contribution is -0.133. The van der Waals surface area contributed by atoms with Crippen LogP contribution in [-0.4, -0.2) is 33.9 Å². The fourth-order valence-electron chi connectivity index (χ4n) is 4.87. The average Bonchev–Trinajstić information content (AvgIpc) is 3.24. The SMILES string of the molecule is CC(C(=O)N1CCCC(c2[nH]c3ccccc3c2-c2ccncc2)C1)c1ccccc1. The van der Waals surface area contributed by atoms with Gasteiger partial charge in [-0.25, -0.2) is 0 Å². The van der Waals surface area contributed by atoms with Crippen molar-refractivity contribution in [2.75, 3.05) is 13.1 Å². The van der Waals surface area contributed by atoms with Gasteiger partial charge in [0, 0.05) is 53.6 Å². The number of aromatic nitrogens is 2. The number of carbonyl (C=O) groups is 1. The van der Waals surface area contributed by atoms with Gasteiger partial charge in [0.15, 0.2) is 0 Å². The fourth-order valence-corrected chi connectivity index (χ4v) is 4.87. The summed E-state index contributed by atoms with van der Waals surface area (Å²) in [6.07, 6.45) is 5.79. The summed E-state index contributed by atoms with van der Waals surface area (Å²) >= 11 is 0. The topological polar surface area (TPSA) is 49.0 Å². The van der Waals surface area contributed by atoms with Crippen molar-refractivity contribution in [2.45, 2.75) is 31.6 Å². The number of amides is 1. The summed E-state index contributed by atoms with van der Waals surface area (Å²) in [6.45, 7) is 3.60.